The van der Waals surface area contributed by atoms with Gasteiger partial charge in [-0.25, -0.2) is 15.0 Å². The van der Waals surface area contributed by atoms with Crippen LogP contribution in [0.3, 0.4) is 0 Å². The van der Waals surface area contributed by atoms with E-state index in [1.54, 1.807) is 20.8 Å². The van der Waals surface area contributed by atoms with Crippen molar-refractivity contribution in [2.45, 2.75) is 128 Å². The summed E-state index contributed by atoms with van der Waals surface area (Å²) >= 11 is 2.02. The molecule has 29 heteroatoms. The molecule has 1 saturated heterocycles. The Kier molecular flexibility index (Phi) is 22.3. The van der Waals surface area contributed by atoms with Crippen LogP contribution in [0.2, 0.25) is 0 Å². The Morgan fingerprint density at radius 1 is 0.750 bits per heavy atom. The summed E-state index contributed by atoms with van der Waals surface area (Å²) in [4.78, 5) is 157. The summed E-state index contributed by atoms with van der Waals surface area (Å²) < 4.78 is 0. The maximum absolute atomic E-state index is 14.6. The van der Waals surface area contributed by atoms with Crippen molar-refractivity contribution in [3.05, 3.63) is 50.4 Å². The first-order chi connectivity index (χ1) is 36.1. The molecule has 0 saturated carbocycles. The van der Waals surface area contributed by atoms with Crippen LogP contribution in [-0.4, -0.2) is 163 Å². The summed E-state index contributed by atoms with van der Waals surface area (Å²) in [5.74, 6) is -8.46. The predicted octanol–water partition coefficient (Wildman–Crippen LogP) is -1.30. The van der Waals surface area contributed by atoms with Crippen LogP contribution in [0, 0.1) is 11.8 Å². The maximum atomic E-state index is 14.6. The van der Waals surface area contributed by atoms with E-state index < -0.39 is 128 Å². The number of aliphatic hydroxyl groups is 1. The number of aliphatic hydroxyl groups excluding tert-OH is 1. The SMILES string of the molecule is CC(N)=NCCC[C@@H]1NC(=O)[C@@H]2CCCN2C(=O)[C@H](Cc2cnc[nH]2)NC(=O)[C@H](CC(C)C)NC(=O)CNC(=O)[C@H](CC(=O)O)NC(=O)CNC(=O)c2csc(n2)[C@@H](CO)NC(=O)c2csc(n2)C(CC(C)C)NC1=O. The molecule has 76 heavy (non-hydrogen) atoms. The minimum atomic E-state index is -1.72. The lowest BCUT2D eigenvalue weighted by atomic mass is 10.0. The van der Waals surface area contributed by atoms with E-state index in [1.165, 1.54) is 28.2 Å². The molecule has 0 spiro atoms. The number of carboxylic acids is 1. The van der Waals surface area contributed by atoms with Gasteiger partial charge in [0.2, 0.25) is 41.4 Å². The number of fused-ring (bicyclic) bond motifs is 5. The first kappa shape index (κ1) is 59.5. The lowest BCUT2D eigenvalue weighted by molar-refractivity contribution is -0.142. The number of hydrogen-bond donors (Lipinski definition) is 12. The summed E-state index contributed by atoms with van der Waals surface area (Å²) in [6.07, 6.45) is 3.32. The number of H-pyrrole nitrogens is 1. The Morgan fingerprint density at radius 2 is 1.34 bits per heavy atom. The summed E-state index contributed by atoms with van der Waals surface area (Å²) in [5.41, 5.74) is 5.99. The van der Waals surface area contributed by atoms with Crippen LogP contribution < -0.4 is 48.3 Å². The second-order valence-electron chi connectivity index (χ2n) is 19.2. The molecule has 27 nitrogen and oxygen atoms in total. The van der Waals surface area contributed by atoms with Crippen molar-refractivity contribution in [1.82, 2.24) is 67.4 Å². The number of nitrogens with one attached hydrogen (secondary N) is 9. The third-order valence-corrected chi connectivity index (χ3v) is 13.8. The Hall–Kier alpha value is -7.40. The molecule has 9 amide bonds. The number of hydrogen-bond acceptors (Lipinski definition) is 17. The van der Waals surface area contributed by atoms with Gasteiger partial charge in [0.15, 0.2) is 0 Å². The fourth-order valence-electron chi connectivity index (χ4n) is 8.29. The van der Waals surface area contributed by atoms with Gasteiger partial charge in [-0.05, 0) is 57.3 Å². The molecule has 3 aromatic rings. The molecule has 7 atom stereocenters. The van der Waals surface area contributed by atoms with E-state index in [-0.39, 0.29) is 67.0 Å². The number of carbonyl (C=O) groups excluding carboxylic acids is 9. The van der Waals surface area contributed by atoms with Crippen molar-refractivity contribution < 1.29 is 58.2 Å². The van der Waals surface area contributed by atoms with Gasteiger partial charge in [-0.15, -0.1) is 22.7 Å². The second kappa shape index (κ2) is 28.5. The molecule has 414 valence electrons. The number of amidine groups is 1. The lowest BCUT2D eigenvalue weighted by Crippen LogP contribution is -2.59. The normalized spacial score (nSPS) is 23.6. The van der Waals surface area contributed by atoms with Crippen LogP contribution in [0.4, 0.5) is 0 Å². The van der Waals surface area contributed by atoms with E-state index in [9.17, 15) is 58.2 Å². The van der Waals surface area contributed by atoms with Crippen molar-refractivity contribution in [2.75, 3.05) is 32.8 Å². The highest BCUT2D eigenvalue weighted by Gasteiger charge is 2.40. The molecule has 3 aromatic heterocycles. The standard InChI is InChI=1S/C47H67N15O12S2/c1-23(2)12-28-42(71)58-31(14-26-16-49-22-53-26)47(74)62-11-7-9-35(62)44(73)56-27(8-6-10-50-25(5)48)41(70)57-30(13-24(3)4)45-61-34(21-75-45)43(72)59-32(19-63)46-60-33(20-76-46)40(69)52-18-37(65)55-29(15-38(66)67)39(68)51-17-36(64)54-28/h16,20-24,27-32,35,63H,6-15,17-19H2,1-5H3,(H2,48,50)(H,49,53)(H,51,68)(H,52,69)(H,54,64)(H,55,65)(H,56,73)(H,57,70)(H,58,71)(H,59,72)(H,66,67)/t27-,28-,29-,30?,31-,32+,35-/m0/s1. The summed E-state index contributed by atoms with van der Waals surface area (Å²) in [5, 5.41) is 43.7. The van der Waals surface area contributed by atoms with E-state index in [4.69, 9.17) is 5.73 Å². The zero-order chi connectivity index (χ0) is 55.6. The van der Waals surface area contributed by atoms with Crippen LogP contribution in [0.25, 0.3) is 0 Å². The molecule has 2 aliphatic rings. The fraction of sp³-hybridized carbons (Fsp3) is 0.574. The summed E-state index contributed by atoms with van der Waals surface area (Å²) in [7, 11) is 0. The number of carboxylic acid groups (broad SMARTS) is 1. The van der Waals surface area contributed by atoms with Crippen LogP contribution >= 0.6 is 22.7 Å². The smallest absolute Gasteiger partial charge is 0.305 e. The fourth-order valence-corrected chi connectivity index (χ4v) is 9.99. The molecule has 0 aliphatic carbocycles. The number of rotatable bonds is 13. The third-order valence-electron chi connectivity index (χ3n) is 11.9. The molecule has 1 fully saturated rings. The topological polar surface area (TPSA) is 403 Å². The van der Waals surface area contributed by atoms with Gasteiger partial charge in [0.1, 0.15) is 57.7 Å². The van der Waals surface area contributed by atoms with Crippen molar-refractivity contribution in [1.29, 1.82) is 0 Å². The Bertz CT molecular complexity index is 2580. The van der Waals surface area contributed by atoms with Gasteiger partial charge in [0.05, 0.1) is 44.3 Å². The zero-order valence-corrected chi connectivity index (χ0v) is 44.4. The Balaban J connectivity index is 1.49. The zero-order valence-electron chi connectivity index (χ0n) is 42.8. The quantitative estimate of drug-likeness (QED) is 0.0538. The van der Waals surface area contributed by atoms with Gasteiger partial charge in [-0.2, -0.15) is 0 Å². The van der Waals surface area contributed by atoms with E-state index in [0.717, 1.165) is 22.7 Å². The number of aromatic nitrogens is 4. The number of nitrogens with two attached hydrogens (primary N) is 1. The summed E-state index contributed by atoms with van der Waals surface area (Å²) in [6.45, 7) is 7.26. The molecule has 4 bridgehead atoms. The molecule has 0 radical (unpaired) electrons. The monoisotopic (exact) mass is 1100 g/mol. The Morgan fingerprint density at radius 3 is 1.96 bits per heavy atom. The molecule has 5 rings (SSSR count). The van der Waals surface area contributed by atoms with E-state index in [0.29, 0.717) is 35.8 Å². The first-order valence-electron chi connectivity index (χ1n) is 24.8. The van der Waals surface area contributed by atoms with E-state index >= 15 is 0 Å². The van der Waals surface area contributed by atoms with Crippen molar-refractivity contribution in [2.24, 2.45) is 22.6 Å². The highest BCUT2D eigenvalue weighted by molar-refractivity contribution is 7.10. The number of aliphatic carboxylic acids is 1. The molecular formula is C47H67N15O12S2. The van der Waals surface area contributed by atoms with Gasteiger partial charge in [0.25, 0.3) is 11.8 Å². The first-order valence-corrected chi connectivity index (χ1v) is 26.5. The number of carbonyl (C=O) groups is 10. The van der Waals surface area contributed by atoms with Gasteiger partial charge >= 0.3 is 5.97 Å². The molecular weight excluding hydrogens is 1030 g/mol. The average molecular weight is 1100 g/mol. The number of amides is 9. The molecule has 1 unspecified atom stereocenters. The lowest BCUT2D eigenvalue weighted by Gasteiger charge is -2.31. The van der Waals surface area contributed by atoms with Gasteiger partial charge in [-0.1, -0.05) is 27.7 Å². The van der Waals surface area contributed by atoms with Gasteiger partial charge < -0.3 is 68.4 Å². The van der Waals surface area contributed by atoms with E-state index in [1.807, 2.05) is 13.8 Å². The van der Waals surface area contributed by atoms with Crippen LogP contribution in [0.5, 0.6) is 0 Å². The van der Waals surface area contributed by atoms with Crippen LogP contribution in [0.15, 0.2) is 28.3 Å². The minimum Gasteiger partial charge on any atom is -0.481 e. The largest absolute Gasteiger partial charge is 0.481 e. The van der Waals surface area contributed by atoms with Gasteiger partial charge in [0, 0.05) is 42.2 Å². The number of thiazole rings is 2. The molecule has 2 aliphatic heterocycles. The molecule has 5 heterocycles. The highest BCUT2D eigenvalue weighted by atomic mass is 32.1. The van der Waals surface area contributed by atoms with Crippen LogP contribution in [0.1, 0.15) is 128 Å². The average Bonchev–Trinajstić information content (AvgIpc) is 4.22. The van der Waals surface area contributed by atoms with E-state index in [2.05, 4.69) is 67.5 Å². The molecule has 13 N–H and O–H groups in total. The minimum absolute atomic E-state index is 0.00681. The number of aromatic amines is 1. The predicted molar refractivity (Wildman–Crippen MR) is 275 cm³/mol. The van der Waals surface area contributed by atoms with Crippen molar-refractivity contribution in [3.63, 3.8) is 0 Å². The maximum Gasteiger partial charge on any atom is 0.305 e. The number of aliphatic imine (C=N–C) groups is 1. The number of nitrogens with zero attached hydrogens (tertiary/aromatic N) is 5. The molecule has 0 aromatic carbocycles. The highest BCUT2D eigenvalue weighted by Crippen LogP contribution is 2.27. The van der Waals surface area contributed by atoms with Crippen molar-refractivity contribution in [3.8, 4) is 0 Å². The summed E-state index contributed by atoms with van der Waals surface area (Å²) in [6, 6.07) is -8.35. The number of imidazole rings is 1. The van der Waals surface area contributed by atoms with Crippen LogP contribution in [-0.2, 0) is 44.8 Å². The van der Waals surface area contributed by atoms with Crippen molar-refractivity contribution >= 4 is 87.6 Å². The third kappa shape index (κ3) is 17.9. The van der Waals surface area contributed by atoms with Gasteiger partial charge in [-0.3, -0.25) is 52.9 Å². The Labute approximate surface area is 445 Å². The second-order valence-corrected chi connectivity index (χ2v) is 20.9.